The van der Waals surface area contributed by atoms with E-state index >= 15 is 0 Å². The number of nitrogens with zero attached hydrogens (tertiary/aromatic N) is 2. The lowest BCUT2D eigenvalue weighted by molar-refractivity contribution is -0.159. The summed E-state index contributed by atoms with van der Waals surface area (Å²) in [6, 6.07) is 8.97. The second-order valence-electron chi connectivity index (χ2n) is 8.21. The summed E-state index contributed by atoms with van der Waals surface area (Å²) in [5.41, 5.74) is -0.145. The zero-order chi connectivity index (χ0) is 22.4. The molecule has 0 amide bonds. The minimum absolute atomic E-state index is 0.0809. The molecule has 2 atom stereocenters. The second-order valence-corrected chi connectivity index (χ2v) is 8.21. The molecule has 3 rings (SSSR count). The first-order chi connectivity index (χ1) is 14.8. The lowest BCUT2D eigenvalue weighted by atomic mass is 9.78. The number of benzene rings is 1. The minimum atomic E-state index is -0.869. The predicted octanol–water partition coefficient (Wildman–Crippen LogP) is 3.23. The molecule has 1 aromatic carbocycles. The van der Waals surface area contributed by atoms with Crippen molar-refractivity contribution in [3.05, 3.63) is 78.4 Å². The van der Waals surface area contributed by atoms with Crippen molar-refractivity contribution in [3.63, 3.8) is 0 Å². The van der Waals surface area contributed by atoms with E-state index in [1.54, 1.807) is 80.5 Å². The molecule has 0 saturated heterocycles. The molecule has 1 aliphatic carbocycles. The van der Waals surface area contributed by atoms with E-state index < -0.39 is 35.2 Å². The topological polar surface area (TPSA) is 87.5 Å². The SMILES string of the molecule is CC(C)(C)OC(=O)C(c1ccccc1)C1C=CC=C(C(=O)OCCn2ccnc2)C1=O. The van der Waals surface area contributed by atoms with E-state index in [0.29, 0.717) is 12.1 Å². The summed E-state index contributed by atoms with van der Waals surface area (Å²) in [6.07, 6.45) is 9.66. The zero-order valence-corrected chi connectivity index (χ0v) is 17.9. The Labute approximate surface area is 181 Å². The van der Waals surface area contributed by atoms with Crippen molar-refractivity contribution in [1.82, 2.24) is 9.55 Å². The molecule has 0 aliphatic heterocycles. The number of hydrogen-bond acceptors (Lipinski definition) is 6. The molecule has 1 aromatic heterocycles. The van der Waals surface area contributed by atoms with Crippen LogP contribution in [0.15, 0.2) is 72.9 Å². The van der Waals surface area contributed by atoms with E-state index in [1.165, 1.54) is 6.08 Å². The number of rotatable bonds is 7. The zero-order valence-electron chi connectivity index (χ0n) is 17.9. The maximum Gasteiger partial charge on any atom is 0.341 e. The average molecular weight is 422 g/mol. The van der Waals surface area contributed by atoms with E-state index in [9.17, 15) is 14.4 Å². The molecule has 31 heavy (non-hydrogen) atoms. The van der Waals surface area contributed by atoms with E-state index in [4.69, 9.17) is 9.47 Å². The molecular weight excluding hydrogens is 396 g/mol. The Hall–Kier alpha value is -3.48. The summed E-state index contributed by atoms with van der Waals surface area (Å²) in [4.78, 5) is 42.7. The Morgan fingerprint density at radius 2 is 1.94 bits per heavy atom. The summed E-state index contributed by atoms with van der Waals surface area (Å²) in [5.74, 6) is -3.42. The number of Topliss-reactive ketones (excluding diaryl/α,β-unsaturated/α-hetero) is 1. The van der Waals surface area contributed by atoms with Crippen molar-refractivity contribution in [2.24, 2.45) is 5.92 Å². The smallest absolute Gasteiger partial charge is 0.341 e. The highest BCUT2D eigenvalue weighted by atomic mass is 16.6. The van der Waals surface area contributed by atoms with E-state index in [1.807, 2.05) is 6.07 Å². The normalized spacial score (nSPS) is 17.1. The third-order valence-electron chi connectivity index (χ3n) is 4.69. The average Bonchev–Trinajstić information content (AvgIpc) is 3.22. The van der Waals surface area contributed by atoms with E-state index in [-0.39, 0.29) is 12.2 Å². The fourth-order valence-corrected chi connectivity index (χ4v) is 3.31. The Balaban J connectivity index is 1.77. The van der Waals surface area contributed by atoms with Crippen LogP contribution in [0, 0.1) is 5.92 Å². The quantitative estimate of drug-likeness (QED) is 0.503. The Morgan fingerprint density at radius 3 is 2.58 bits per heavy atom. The van der Waals surface area contributed by atoms with Gasteiger partial charge in [-0.25, -0.2) is 9.78 Å². The number of allylic oxidation sites excluding steroid dienone is 3. The van der Waals surface area contributed by atoms with Crippen molar-refractivity contribution in [1.29, 1.82) is 0 Å². The summed E-state index contributed by atoms with van der Waals surface area (Å²) in [5, 5.41) is 0. The van der Waals surface area contributed by atoms with Gasteiger partial charge in [0.25, 0.3) is 0 Å². The van der Waals surface area contributed by atoms with Gasteiger partial charge in [-0.15, -0.1) is 0 Å². The fraction of sp³-hybridized carbons (Fsp3) is 0.333. The van der Waals surface area contributed by atoms with E-state index in [2.05, 4.69) is 4.98 Å². The number of ketones is 1. The molecule has 0 fully saturated rings. The molecule has 162 valence electrons. The van der Waals surface area contributed by atoms with Gasteiger partial charge in [0.1, 0.15) is 17.8 Å². The first kappa shape index (κ1) is 22.2. The van der Waals surface area contributed by atoms with Gasteiger partial charge in [0.15, 0.2) is 5.78 Å². The maximum absolute atomic E-state index is 13.2. The third kappa shape index (κ3) is 5.78. The van der Waals surface area contributed by atoms with Crippen LogP contribution in [0.2, 0.25) is 0 Å². The van der Waals surface area contributed by atoms with Gasteiger partial charge in [-0.1, -0.05) is 42.5 Å². The van der Waals surface area contributed by atoms with Crippen LogP contribution in [-0.4, -0.2) is 39.5 Å². The highest BCUT2D eigenvalue weighted by Gasteiger charge is 2.40. The monoisotopic (exact) mass is 422 g/mol. The number of carbonyl (C=O) groups excluding carboxylic acids is 3. The van der Waals surface area contributed by atoms with E-state index in [0.717, 1.165) is 0 Å². The maximum atomic E-state index is 13.2. The van der Waals surface area contributed by atoms with Crippen molar-refractivity contribution >= 4 is 17.7 Å². The molecular formula is C24H26N2O5. The van der Waals surface area contributed by atoms with Gasteiger partial charge in [0, 0.05) is 12.4 Å². The molecule has 0 radical (unpaired) electrons. The molecule has 0 bridgehead atoms. The largest absolute Gasteiger partial charge is 0.460 e. The highest BCUT2D eigenvalue weighted by Crippen LogP contribution is 2.33. The van der Waals surface area contributed by atoms with Crippen molar-refractivity contribution < 1.29 is 23.9 Å². The van der Waals surface area contributed by atoms with Gasteiger partial charge in [0.05, 0.1) is 24.7 Å². The van der Waals surface area contributed by atoms with Crippen LogP contribution in [0.1, 0.15) is 32.3 Å². The van der Waals surface area contributed by atoms with Gasteiger partial charge >= 0.3 is 11.9 Å². The summed E-state index contributed by atoms with van der Waals surface area (Å²) < 4.78 is 12.6. The van der Waals surface area contributed by atoms with Gasteiger partial charge in [-0.2, -0.15) is 0 Å². The van der Waals surface area contributed by atoms with Crippen molar-refractivity contribution in [2.75, 3.05) is 6.61 Å². The molecule has 2 unspecified atom stereocenters. The van der Waals surface area contributed by atoms with Crippen LogP contribution in [-0.2, 0) is 30.4 Å². The van der Waals surface area contributed by atoms with Gasteiger partial charge in [0.2, 0.25) is 0 Å². The fourth-order valence-electron chi connectivity index (χ4n) is 3.31. The van der Waals surface area contributed by atoms with Crippen LogP contribution in [0.3, 0.4) is 0 Å². The molecule has 0 saturated carbocycles. The van der Waals surface area contributed by atoms with Crippen LogP contribution in [0.5, 0.6) is 0 Å². The third-order valence-corrected chi connectivity index (χ3v) is 4.69. The van der Waals surface area contributed by atoms with Crippen LogP contribution < -0.4 is 0 Å². The first-order valence-electron chi connectivity index (χ1n) is 10.1. The standard InChI is InChI=1S/C24H26N2O5/c1-24(2,3)31-23(29)20(17-8-5-4-6-9-17)18-10-7-11-19(21(18)27)22(28)30-15-14-26-13-12-25-16-26/h4-13,16,18,20H,14-15H2,1-3H3. The Kier molecular flexibility index (Phi) is 6.84. The molecule has 7 nitrogen and oxygen atoms in total. The lowest BCUT2D eigenvalue weighted by Gasteiger charge is -2.28. The Bertz CT molecular complexity index is 985. The lowest BCUT2D eigenvalue weighted by Crippen LogP contribution is -2.36. The summed E-state index contributed by atoms with van der Waals surface area (Å²) >= 11 is 0. The van der Waals surface area contributed by atoms with Crippen LogP contribution in [0.25, 0.3) is 0 Å². The number of hydrogen-bond donors (Lipinski definition) is 0. The molecule has 0 N–H and O–H groups in total. The first-order valence-corrected chi connectivity index (χ1v) is 10.1. The van der Waals surface area contributed by atoms with Crippen LogP contribution >= 0.6 is 0 Å². The molecule has 0 spiro atoms. The summed E-state index contributed by atoms with van der Waals surface area (Å²) in [7, 11) is 0. The van der Waals surface area contributed by atoms with Gasteiger partial charge in [-0.3, -0.25) is 9.59 Å². The molecule has 1 aliphatic rings. The number of carbonyl (C=O) groups is 3. The summed E-state index contributed by atoms with van der Waals surface area (Å²) in [6.45, 7) is 5.84. The highest BCUT2D eigenvalue weighted by molar-refractivity contribution is 6.20. The van der Waals surface area contributed by atoms with Gasteiger partial charge < -0.3 is 14.0 Å². The Morgan fingerprint density at radius 1 is 1.19 bits per heavy atom. The molecule has 7 heteroatoms. The van der Waals surface area contributed by atoms with Gasteiger partial charge in [-0.05, 0) is 32.4 Å². The number of aromatic nitrogens is 2. The second kappa shape index (κ2) is 9.55. The number of imidazole rings is 1. The van der Waals surface area contributed by atoms with Crippen molar-refractivity contribution in [3.8, 4) is 0 Å². The minimum Gasteiger partial charge on any atom is -0.460 e. The molecule has 2 aromatic rings. The molecule has 1 heterocycles. The van der Waals surface area contributed by atoms with Crippen LogP contribution in [0.4, 0.5) is 0 Å². The predicted molar refractivity (Wildman–Crippen MR) is 114 cm³/mol. The number of esters is 2. The number of ether oxygens (including phenoxy) is 2. The van der Waals surface area contributed by atoms with Crippen molar-refractivity contribution in [2.45, 2.75) is 38.8 Å².